The van der Waals surface area contributed by atoms with E-state index in [1.807, 2.05) is 35.7 Å². The Bertz CT molecular complexity index is 841. The summed E-state index contributed by atoms with van der Waals surface area (Å²) >= 11 is 1.56. The first kappa shape index (κ1) is 16.9. The van der Waals surface area contributed by atoms with E-state index < -0.39 is 0 Å². The molecule has 1 aromatic heterocycles. The van der Waals surface area contributed by atoms with Crippen molar-refractivity contribution in [2.45, 2.75) is 25.5 Å². The monoisotopic (exact) mass is 364 g/mol. The SMILES string of the molecule is O=C([C@H]1CCCO1)N(Cc1nccs1)c1ccc(-c2ccccc2)cc1. The van der Waals surface area contributed by atoms with Crippen LogP contribution in [0.4, 0.5) is 5.69 Å². The Kier molecular flexibility index (Phi) is 5.09. The Morgan fingerprint density at radius 3 is 2.54 bits per heavy atom. The van der Waals surface area contributed by atoms with E-state index in [1.54, 1.807) is 22.4 Å². The van der Waals surface area contributed by atoms with Crippen LogP contribution in [0.25, 0.3) is 11.1 Å². The third-order valence-electron chi connectivity index (χ3n) is 4.53. The minimum atomic E-state index is -0.344. The molecule has 1 amide bonds. The Morgan fingerprint density at radius 1 is 1.12 bits per heavy atom. The fraction of sp³-hybridized carbons (Fsp3) is 0.238. The molecule has 132 valence electrons. The summed E-state index contributed by atoms with van der Waals surface area (Å²) in [5, 5.41) is 2.85. The van der Waals surface area contributed by atoms with Crippen LogP contribution in [0.15, 0.2) is 66.2 Å². The summed E-state index contributed by atoms with van der Waals surface area (Å²) in [6.07, 6.45) is 3.15. The molecule has 1 saturated heterocycles. The summed E-state index contributed by atoms with van der Waals surface area (Å²) < 4.78 is 5.62. The average molecular weight is 364 g/mol. The Balaban J connectivity index is 1.61. The van der Waals surface area contributed by atoms with Gasteiger partial charge < -0.3 is 9.64 Å². The number of hydrogen-bond acceptors (Lipinski definition) is 4. The second kappa shape index (κ2) is 7.81. The van der Waals surface area contributed by atoms with Crippen LogP contribution in [0.5, 0.6) is 0 Å². The highest BCUT2D eigenvalue weighted by Gasteiger charge is 2.29. The van der Waals surface area contributed by atoms with Crippen LogP contribution >= 0.6 is 11.3 Å². The summed E-state index contributed by atoms with van der Waals surface area (Å²) in [5.41, 5.74) is 3.17. The molecular formula is C21H20N2O2S. The van der Waals surface area contributed by atoms with Crippen LogP contribution in [0.2, 0.25) is 0 Å². The number of amides is 1. The second-order valence-electron chi connectivity index (χ2n) is 6.26. The zero-order chi connectivity index (χ0) is 17.8. The molecule has 0 unspecified atom stereocenters. The molecule has 0 saturated carbocycles. The average Bonchev–Trinajstić information content (AvgIpc) is 3.40. The number of ether oxygens (including phenoxy) is 1. The van der Waals surface area contributed by atoms with Gasteiger partial charge >= 0.3 is 0 Å². The number of thiazole rings is 1. The van der Waals surface area contributed by atoms with Crippen molar-refractivity contribution in [3.05, 3.63) is 71.2 Å². The minimum absolute atomic E-state index is 0.0187. The van der Waals surface area contributed by atoms with E-state index >= 15 is 0 Å². The number of hydrogen-bond donors (Lipinski definition) is 0. The lowest BCUT2D eigenvalue weighted by molar-refractivity contribution is -0.127. The van der Waals surface area contributed by atoms with Gasteiger partial charge in [-0.15, -0.1) is 11.3 Å². The lowest BCUT2D eigenvalue weighted by Gasteiger charge is -2.25. The molecule has 1 aliphatic heterocycles. The third-order valence-corrected chi connectivity index (χ3v) is 5.30. The molecule has 4 rings (SSSR count). The molecule has 26 heavy (non-hydrogen) atoms. The first-order valence-electron chi connectivity index (χ1n) is 8.78. The highest BCUT2D eigenvalue weighted by molar-refractivity contribution is 7.09. The van der Waals surface area contributed by atoms with Gasteiger partial charge in [-0.25, -0.2) is 4.98 Å². The first-order chi connectivity index (χ1) is 12.8. The Morgan fingerprint density at radius 2 is 1.88 bits per heavy atom. The van der Waals surface area contributed by atoms with Gasteiger partial charge in [-0.3, -0.25) is 4.79 Å². The topological polar surface area (TPSA) is 42.4 Å². The molecule has 0 N–H and O–H groups in total. The van der Waals surface area contributed by atoms with Crippen molar-refractivity contribution in [3.8, 4) is 11.1 Å². The third kappa shape index (κ3) is 3.69. The molecule has 1 fully saturated rings. The van der Waals surface area contributed by atoms with Crippen molar-refractivity contribution in [2.24, 2.45) is 0 Å². The zero-order valence-corrected chi connectivity index (χ0v) is 15.2. The standard InChI is InChI=1S/C21H20N2O2S/c24-21(19-7-4-13-25-19)23(15-20-22-12-14-26-20)18-10-8-17(9-11-18)16-5-2-1-3-6-16/h1-3,5-6,8-12,14,19H,4,7,13,15H2/t19-/m1/s1. The van der Waals surface area contributed by atoms with Crippen molar-refractivity contribution in [1.29, 1.82) is 0 Å². The number of anilines is 1. The first-order valence-corrected chi connectivity index (χ1v) is 9.66. The summed E-state index contributed by atoms with van der Waals surface area (Å²) in [6.45, 7) is 1.13. The van der Waals surface area contributed by atoms with Crippen molar-refractivity contribution >= 4 is 22.9 Å². The van der Waals surface area contributed by atoms with E-state index in [-0.39, 0.29) is 12.0 Å². The van der Waals surface area contributed by atoms with E-state index in [2.05, 4.69) is 29.2 Å². The van der Waals surface area contributed by atoms with Gasteiger partial charge in [0, 0.05) is 23.9 Å². The van der Waals surface area contributed by atoms with Crippen molar-refractivity contribution in [2.75, 3.05) is 11.5 Å². The molecule has 3 aromatic rings. The summed E-state index contributed by atoms with van der Waals surface area (Å²) in [7, 11) is 0. The van der Waals surface area contributed by atoms with Crippen LogP contribution in [0.1, 0.15) is 17.8 Å². The predicted octanol–water partition coefficient (Wildman–Crippen LogP) is 4.52. The van der Waals surface area contributed by atoms with E-state index in [0.717, 1.165) is 34.7 Å². The van der Waals surface area contributed by atoms with Crippen molar-refractivity contribution in [1.82, 2.24) is 4.98 Å². The largest absolute Gasteiger partial charge is 0.368 e. The summed E-state index contributed by atoms with van der Waals surface area (Å²) in [5.74, 6) is 0.0187. The van der Waals surface area contributed by atoms with Crippen LogP contribution in [-0.4, -0.2) is 23.6 Å². The number of carbonyl (C=O) groups excluding carboxylic acids is 1. The summed E-state index contributed by atoms with van der Waals surface area (Å²) in [4.78, 5) is 19.1. The molecular weight excluding hydrogens is 344 g/mol. The highest BCUT2D eigenvalue weighted by Crippen LogP contribution is 2.26. The highest BCUT2D eigenvalue weighted by atomic mass is 32.1. The van der Waals surface area contributed by atoms with Crippen LogP contribution < -0.4 is 4.90 Å². The van der Waals surface area contributed by atoms with E-state index in [1.165, 1.54) is 0 Å². The smallest absolute Gasteiger partial charge is 0.256 e. The number of rotatable bonds is 5. The van der Waals surface area contributed by atoms with E-state index in [4.69, 9.17) is 4.74 Å². The number of benzene rings is 2. The van der Waals surface area contributed by atoms with Crippen LogP contribution in [-0.2, 0) is 16.1 Å². The Labute approximate surface area is 157 Å². The van der Waals surface area contributed by atoms with Crippen molar-refractivity contribution in [3.63, 3.8) is 0 Å². The quantitative estimate of drug-likeness (QED) is 0.668. The van der Waals surface area contributed by atoms with Gasteiger partial charge in [0.15, 0.2) is 0 Å². The van der Waals surface area contributed by atoms with Gasteiger partial charge in [0.2, 0.25) is 0 Å². The lowest BCUT2D eigenvalue weighted by Crippen LogP contribution is -2.38. The van der Waals surface area contributed by atoms with Crippen molar-refractivity contribution < 1.29 is 9.53 Å². The van der Waals surface area contributed by atoms with Crippen LogP contribution in [0, 0.1) is 0 Å². The maximum atomic E-state index is 13.0. The van der Waals surface area contributed by atoms with Gasteiger partial charge in [0.25, 0.3) is 5.91 Å². The fourth-order valence-corrected chi connectivity index (χ4v) is 3.78. The van der Waals surface area contributed by atoms with Gasteiger partial charge in [-0.05, 0) is 36.1 Å². The molecule has 1 atom stereocenters. The molecule has 2 aromatic carbocycles. The normalized spacial score (nSPS) is 16.5. The fourth-order valence-electron chi connectivity index (χ4n) is 3.17. The van der Waals surface area contributed by atoms with Gasteiger partial charge in [0.05, 0.1) is 6.54 Å². The predicted molar refractivity (Wildman–Crippen MR) is 104 cm³/mol. The van der Waals surface area contributed by atoms with E-state index in [0.29, 0.717) is 13.2 Å². The van der Waals surface area contributed by atoms with E-state index in [9.17, 15) is 4.79 Å². The molecule has 0 radical (unpaired) electrons. The molecule has 2 heterocycles. The number of nitrogens with zero attached hydrogens (tertiary/aromatic N) is 2. The maximum absolute atomic E-state index is 13.0. The van der Waals surface area contributed by atoms with Gasteiger partial charge in [-0.2, -0.15) is 0 Å². The summed E-state index contributed by atoms with van der Waals surface area (Å²) in [6, 6.07) is 18.3. The molecule has 0 aliphatic carbocycles. The molecule has 0 bridgehead atoms. The molecule has 5 heteroatoms. The molecule has 4 nitrogen and oxygen atoms in total. The maximum Gasteiger partial charge on any atom is 0.256 e. The lowest BCUT2D eigenvalue weighted by atomic mass is 10.1. The molecule has 0 spiro atoms. The number of aromatic nitrogens is 1. The number of carbonyl (C=O) groups is 1. The van der Waals surface area contributed by atoms with Gasteiger partial charge in [0.1, 0.15) is 11.1 Å². The zero-order valence-electron chi connectivity index (χ0n) is 14.4. The van der Waals surface area contributed by atoms with Gasteiger partial charge in [-0.1, -0.05) is 42.5 Å². The minimum Gasteiger partial charge on any atom is -0.368 e. The molecule has 1 aliphatic rings. The second-order valence-corrected chi connectivity index (χ2v) is 7.24. The van der Waals surface area contributed by atoms with Crippen LogP contribution in [0.3, 0.4) is 0 Å². The Hall–Kier alpha value is -2.50.